The molecule has 0 atom stereocenters. The molecule has 0 aliphatic carbocycles. The van der Waals surface area contributed by atoms with Gasteiger partial charge in [0.25, 0.3) is 0 Å². The van der Waals surface area contributed by atoms with Crippen molar-refractivity contribution in [2.24, 2.45) is 0 Å². The van der Waals surface area contributed by atoms with E-state index in [-0.39, 0.29) is 4.90 Å². The molecule has 4 aromatic rings. The minimum Gasteiger partial charge on any atom is -0.486 e. The topological polar surface area (TPSA) is 84.9 Å². The van der Waals surface area contributed by atoms with Gasteiger partial charge in [0.05, 0.1) is 10.4 Å². The van der Waals surface area contributed by atoms with E-state index in [0.717, 1.165) is 22.3 Å². The summed E-state index contributed by atoms with van der Waals surface area (Å²) in [7, 11) is -3.66. The van der Waals surface area contributed by atoms with Crippen molar-refractivity contribution in [3.63, 3.8) is 0 Å². The van der Waals surface area contributed by atoms with Crippen LogP contribution in [0.2, 0.25) is 0 Å². The molecule has 0 radical (unpaired) electrons. The first kappa shape index (κ1) is 21.8. The summed E-state index contributed by atoms with van der Waals surface area (Å²) < 4.78 is 39.3. The summed E-state index contributed by atoms with van der Waals surface area (Å²) in [5.41, 5.74) is 1.81. The summed E-state index contributed by atoms with van der Waals surface area (Å²) in [6.07, 6.45) is 0. The van der Waals surface area contributed by atoms with Crippen molar-refractivity contribution in [2.75, 3.05) is 44.3 Å². The molecular formula is C26H24N4O4S. The molecule has 0 spiro atoms. The van der Waals surface area contributed by atoms with E-state index in [2.05, 4.69) is 4.90 Å². The van der Waals surface area contributed by atoms with Gasteiger partial charge in [0.2, 0.25) is 10.0 Å². The Balaban J connectivity index is 1.27. The van der Waals surface area contributed by atoms with Crippen LogP contribution in [-0.4, -0.2) is 62.1 Å². The lowest BCUT2D eigenvalue weighted by Gasteiger charge is -2.35. The summed E-state index contributed by atoms with van der Waals surface area (Å²) in [6, 6.07) is 22.6. The molecule has 0 amide bonds. The van der Waals surface area contributed by atoms with Crippen molar-refractivity contribution >= 4 is 26.7 Å². The third-order valence-corrected chi connectivity index (χ3v) is 8.20. The third-order valence-electron chi connectivity index (χ3n) is 6.30. The number of anilines is 1. The minimum atomic E-state index is -3.66. The Morgan fingerprint density at radius 2 is 1.46 bits per heavy atom. The summed E-state index contributed by atoms with van der Waals surface area (Å²) in [4.78, 5) is 12.0. The number of aromatic nitrogens is 2. The van der Waals surface area contributed by atoms with Crippen molar-refractivity contribution in [2.45, 2.75) is 4.90 Å². The highest BCUT2D eigenvalue weighted by Crippen LogP contribution is 2.34. The Kier molecular flexibility index (Phi) is 5.50. The number of hydrogen-bond donors (Lipinski definition) is 0. The molecule has 35 heavy (non-hydrogen) atoms. The summed E-state index contributed by atoms with van der Waals surface area (Å²) in [6.45, 7) is 2.64. The SMILES string of the molecule is O=S(=O)(c1ccc2c(c1)OCCO2)N1CCN(c2nc(-c3ccccc3)nc3ccccc23)CC1. The average Bonchev–Trinajstić information content (AvgIpc) is 2.92. The molecule has 1 fully saturated rings. The van der Waals surface area contributed by atoms with Gasteiger partial charge >= 0.3 is 0 Å². The van der Waals surface area contributed by atoms with Crippen LogP contribution in [0.1, 0.15) is 0 Å². The largest absolute Gasteiger partial charge is 0.486 e. The molecule has 0 saturated carbocycles. The number of nitrogens with zero attached hydrogens (tertiary/aromatic N) is 4. The van der Waals surface area contributed by atoms with E-state index in [4.69, 9.17) is 19.4 Å². The van der Waals surface area contributed by atoms with Gasteiger partial charge in [0, 0.05) is 43.2 Å². The number of para-hydroxylation sites is 1. The zero-order valence-electron chi connectivity index (χ0n) is 19.0. The number of sulfonamides is 1. The highest BCUT2D eigenvalue weighted by Gasteiger charge is 2.31. The number of fused-ring (bicyclic) bond motifs is 2. The molecule has 0 N–H and O–H groups in total. The van der Waals surface area contributed by atoms with Gasteiger partial charge in [-0.2, -0.15) is 4.31 Å². The van der Waals surface area contributed by atoms with E-state index in [9.17, 15) is 8.42 Å². The van der Waals surface area contributed by atoms with Crippen molar-refractivity contribution in [3.05, 3.63) is 72.8 Å². The number of benzene rings is 3. The van der Waals surface area contributed by atoms with Crippen LogP contribution in [0.5, 0.6) is 11.5 Å². The fraction of sp³-hybridized carbons (Fsp3) is 0.231. The number of ether oxygens (including phenoxy) is 2. The van der Waals surface area contributed by atoms with E-state index in [0.29, 0.717) is 56.7 Å². The molecule has 0 bridgehead atoms. The van der Waals surface area contributed by atoms with Gasteiger partial charge in [-0.05, 0) is 24.3 Å². The zero-order valence-corrected chi connectivity index (χ0v) is 19.8. The maximum atomic E-state index is 13.4. The summed E-state index contributed by atoms with van der Waals surface area (Å²) >= 11 is 0. The van der Waals surface area contributed by atoms with Crippen molar-refractivity contribution in [1.82, 2.24) is 14.3 Å². The normalized spacial score (nSPS) is 16.4. The molecule has 9 heteroatoms. The first-order valence-electron chi connectivity index (χ1n) is 11.6. The fourth-order valence-corrected chi connectivity index (χ4v) is 5.93. The van der Waals surface area contributed by atoms with Crippen LogP contribution >= 0.6 is 0 Å². The predicted octanol–water partition coefficient (Wildman–Crippen LogP) is 3.58. The van der Waals surface area contributed by atoms with Crippen LogP contribution in [0.3, 0.4) is 0 Å². The Morgan fingerprint density at radius 3 is 2.26 bits per heavy atom. The predicted molar refractivity (Wildman–Crippen MR) is 133 cm³/mol. The second-order valence-electron chi connectivity index (χ2n) is 8.45. The monoisotopic (exact) mass is 488 g/mol. The molecule has 2 aliphatic heterocycles. The van der Waals surface area contributed by atoms with E-state index in [1.54, 1.807) is 18.2 Å². The van der Waals surface area contributed by atoms with E-state index < -0.39 is 10.0 Å². The lowest BCUT2D eigenvalue weighted by atomic mass is 10.1. The van der Waals surface area contributed by atoms with Gasteiger partial charge < -0.3 is 14.4 Å². The maximum absolute atomic E-state index is 13.4. The molecule has 6 rings (SSSR count). The fourth-order valence-electron chi connectivity index (χ4n) is 4.49. The number of hydrogen-bond acceptors (Lipinski definition) is 7. The van der Waals surface area contributed by atoms with Crippen molar-refractivity contribution in [1.29, 1.82) is 0 Å². The van der Waals surface area contributed by atoms with Crippen LogP contribution < -0.4 is 14.4 Å². The lowest BCUT2D eigenvalue weighted by Crippen LogP contribution is -2.49. The zero-order chi connectivity index (χ0) is 23.8. The quantitative estimate of drug-likeness (QED) is 0.434. The molecule has 3 aromatic carbocycles. The number of piperazine rings is 1. The minimum absolute atomic E-state index is 0.217. The molecule has 1 saturated heterocycles. The first-order chi connectivity index (χ1) is 17.1. The van der Waals surface area contributed by atoms with Gasteiger partial charge in [-0.25, -0.2) is 18.4 Å². The smallest absolute Gasteiger partial charge is 0.243 e. The van der Waals surface area contributed by atoms with Crippen LogP contribution in [0.15, 0.2) is 77.7 Å². The Labute approximate surface area is 203 Å². The van der Waals surface area contributed by atoms with Crippen LogP contribution in [0.25, 0.3) is 22.3 Å². The standard InChI is InChI=1S/C26H24N4O4S/c31-35(32,20-10-11-23-24(18-20)34-17-16-33-23)30-14-12-29(13-15-30)26-21-8-4-5-9-22(21)27-25(28-26)19-6-2-1-3-7-19/h1-11,18H,12-17H2. The Hall–Kier alpha value is -3.69. The van der Waals surface area contributed by atoms with Gasteiger partial charge in [-0.1, -0.05) is 42.5 Å². The Bertz CT molecular complexity index is 1490. The average molecular weight is 489 g/mol. The van der Waals surface area contributed by atoms with Gasteiger partial charge in [0.1, 0.15) is 19.0 Å². The van der Waals surface area contributed by atoms with E-state index in [1.165, 1.54) is 4.31 Å². The van der Waals surface area contributed by atoms with Crippen LogP contribution in [0, 0.1) is 0 Å². The van der Waals surface area contributed by atoms with Crippen molar-refractivity contribution in [3.8, 4) is 22.9 Å². The highest BCUT2D eigenvalue weighted by atomic mass is 32.2. The Morgan fingerprint density at radius 1 is 0.743 bits per heavy atom. The molecule has 8 nitrogen and oxygen atoms in total. The van der Waals surface area contributed by atoms with Gasteiger partial charge in [0.15, 0.2) is 17.3 Å². The first-order valence-corrected chi connectivity index (χ1v) is 13.0. The molecule has 178 valence electrons. The molecular weight excluding hydrogens is 464 g/mol. The highest BCUT2D eigenvalue weighted by molar-refractivity contribution is 7.89. The second-order valence-corrected chi connectivity index (χ2v) is 10.4. The molecule has 1 aromatic heterocycles. The molecule has 0 unspecified atom stereocenters. The van der Waals surface area contributed by atoms with E-state index in [1.807, 2.05) is 54.6 Å². The molecule has 3 heterocycles. The van der Waals surface area contributed by atoms with Crippen LogP contribution in [0.4, 0.5) is 5.82 Å². The van der Waals surface area contributed by atoms with Gasteiger partial charge in [-0.15, -0.1) is 0 Å². The second kappa shape index (κ2) is 8.83. The summed E-state index contributed by atoms with van der Waals surface area (Å²) in [5.74, 6) is 2.53. The number of rotatable bonds is 4. The lowest BCUT2D eigenvalue weighted by molar-refractivity contribution is 0.171. The van der Waals surface area contributed by atoms with E-state index >= 15 is 0 Å². The molecule has 2 aliphatic rings. The van der Waals surface area contributed by atoms with Gasteiger partial charge in [-0.3, -0.25) is 0 Å². The maximum Gasteiger partial charge on any atom is 0.243 e. The summed E-state index contributed by atoms with van der Waals surface area (Å²) in [5, 5.41) is 0.954. The van der Waals surface area contributed by atoms with Crippen LogP contribution in [-0.2, 0) is 10.0 Å². The van der Waals surface area contributed by atoms with Crippen molar-refractivity contribution < 1.29 is 17.9 Å². The third kappa shape index (κ3) is 4.06.